The van der Waals surface area contributed by atoms with Gasteiger partial charge in [-0.3, -0.25) is 0 Å². The molecule has 3 heterocycles. The maximum absolute atomic E-state index is 6.71. The Bertz CT molecular complexity index is 3460. The predicted octanol–water partition coefficient (Wildman–Crippen LogP) is 15.4. The smallest absolute Gasteiger partial charge is 0.143 e. The molecule has 0 aliphatic rings. The van der Waals surface area contributed by atoms with E-state index in [1.54, 1.807) is 0 Å². The molecule has 0 aliphatic heterocycles. The third-order valence-electron chi connectivity index (χ3n) is 11.6. The van der Waals surface area contributed by atoms with Crippen LogP contribution in [-0.4, -0.2) is 4.57 Å². The molecule has 0 fully saturated rings. The lowest BCUT2D eigenvalue weighted by molar-refractivity contribution is 0.669. The number of fused-ring (bicyclic) bond motifs is 9. The quantitative estimate of drug-likeness (QED) is 0.170. The first-order valence-electron chi connectivity index (χ1n) is 19.7. The molecule has 0 saturated heterocycles. The standard InChI is InChI=1S/C54H34N2O2/c1-2-15-37(16-3-1)55(39-17-12-14-36(32-39)41-22-13-27-52-53(41)45-21-7-11-26-51(45)57-52)40-33-46(54-47(34-40)44-20-6-10-25-50(44)58-54)35-28-30-38(31-29-35)56-48-23-8-4-18-42(48)43-19-5-9-24-49(43)56/h1-34H. The summed E-state index contributed by atoms with van der Waals surface area (Å²) in [6.45, 7) is 0. The Kier molecular flexibility index (Phi) is 7.20. The van der Waals surface area contributed by atoms with Crippen molar-refractivity contribution in [1.82, 2.24) is 4.57 Å². The molecule has 0 amide bonds. The fraction of sp³-hybridized carbons (Fsp3) is 0. The van der Waals surface area contributed by atoms with E-state index in [1.165, 1.54) is 21.8 Å². The lowest BCUT2D eigenvalue weighted by Crippen LogP contribution is -2.10. The van der Waals surface area contributed by atoms with Crippen molar-refractivity contribution < 1.29 is 8.83 Å². The summed E-state index contributed by atoms with van der Waals surface area (Å²) in [6.07, 6.45) is 0. The van der Waals surface area contributed by atoms with Crippen LogP contribution < -0.4 is 4.90 Å². The average molecular weight is 743 g/mol. The molecule has 0 radical (unpaired) electrons. The summed E-state index contributed by atoms with van der Waals surface area (Å²) in [7, 11) is 0. The minimum Gasteiger partial charge on any atom is -0.456 e. The maximum atomic E-state index is 6.71. The molecular formula is C54H34N2O2. The van der Waals surface area contributed by atoms with Crippen LogP contribution in [0.4, 0.5) is 17.1 Å². The molecule has 272 valence electrons. The molecule has 4 heteroatoms. The summed E-state index contributed by atoms with van der Waals surface area (Å²) in [4.78, 5) is 2.36. The SMILES string of the molecule is c1ccc(N(c2cccc(-c3cccc4oc5ccccc5c34)c2)c2cc(-c3ccc(-n4c5ccccc5c5ccccc54)cc3)c3oc4ccccc4c3c2)cc1. The molecule has 58 heavy (non-hydrogen) atoms. The van der Waals surface area contributed by atoms with E-state index in [0.717, 1.165) is 88.9 Å². The van der Waals surface area contributed by atoms with Crippen molar-refractivity contribution in [3.63, 3.8) is 0 Å². The fourth-order valence-electron chi connectivity index (χ4n) is 9.00. The zero-order chi connectivity index (χ0) is 38.2. The fourth-order valence-corrected chi connectivity index (χ4v) is 9.00. The number of nitrogens with zero attached hydrogens (tertiary/aromatic N) is 2. The van der Waals surface area contributed by atoms with Gasteiger partial charge >= 0.3 is 0 Å². The van der Waals surface area contributed by atoms with Gasteiger partial charge in [-0.05, 0) is 95.6 Å². The largest absolute Gasteiger partial charge is 0.456 e. The van der Waals surface area contributed by atoms with Crippen LogP contribution in [-0.2, 0) is 0 Å². The molecule has 0 saturated carbocycles. The van der Waals surface area contributed by atoms with Crippen molar-refractivity contribution >= 4 is 82.7 Å². The number of anilines is 3. The Morgan fingerprint density at radius 1 is 0.345 bits per heavy atom. The Labute approximate surface area is 334 Å². The lowest BCUT2D eigenvalue weighted by atomic mass is 9.98. The highest BCUT2D eigenvalue weighted by molar-refractivity contribution is 6.14. The normalized spacial score (nSPS) is 11.8. The molecule has 0 bridgehead atoms. The summed E-state index contributed by atoms with van der Waals surface area (Å²) in [5.74, 6) is 0. The van der Waals surface area contributed by atoms with Crippen LogP contribution in [0.15, 0.2) is 215 Å². The van der Waals surface area contributed by atoms with Crippen LogP contribution in [0.25, 0.3) is 93.6 Å². The van der Waals surface area contributed by atoms with E-state index in [4.69, 9.17) is 8.83 Å². The van der Waals surface area contributed by atoms with E-state index in [9.17, 15) is 0 Å². The number of rotatable bonds is 6. The van der Waals surface area contributed by atoms with E-state index < -0.39 is 0 Å². The van der Waals surface area contributed by atoms with Crippen LogP contribution >= 0.6 is 0 Å². The van der Waals surface area contributed by atoms with E-state index >= 15 is 0 Å². The molecule has 0 aliphatic carbocycles. The number of benzene rings is 9. The van der Waals surface area contributed by atoms with Crippen LogP contribution in [0.2, 0.25) is 0 Å². The average Bonchev–Trinajstić information content (AvgIpc) is 3.97. The highest BCUT2D eigenvalue weighted by Gasteiger charge is 2.21. The number of aromatic nitrogens is 1. The maximum Gasteiger partial charge on any atom is 0.143 e. The van der Waals surface area contributed by atoms with Gasteiger partial charge in [0.2, 0.25) is 0 Å². The summed E-state index contributed by atoms with van der Waals surface area (Å²) >= 11 is 0. The second kappa shape index (κ2) is 12.9. The molecule has 3 aromatic heterocycles. The third-order valence-corrected chi connectivity index (χ3v) is 11.6. The van der Waals surface area contributed by atoms with Gasteiger partial charge in [-0.25, -0.2) is 0 Å². The molecule has 0 atom stereocenters. The molecule has 12 rings (SSSR count). The predicted molar refractivity (Wildman–Crippen MR) is 241 cm³/mol. The Morgan fingerprint density at radius 3 is 1.71 bits per heavy atom. The van der Waals surface area contributed by atoms with E-state index in [0.29, 0.717) is 0 Å². The van der Waals surface area contributed by atoms with E-state index in [1.807, 2.05) is 18.2 Å². The Hall–Kier alpha value is -7.82. The van der Waals surface area contributed by atoms with Crippen molar-refractivity contribution in [2.45, 2.75) is 0 Å². The summed E-state index contributed by atoms with van der Waals surface area (Å²) < 4.78 is 15.4. The second-order valence-electron chi connectivity index (χ2n) is 14.9. The number of hydrogen-bond donors (Lipinski definition) is 0. The monoisotopic (exact) mass is 742 g/mol. The minimum absolute atomic E-state index is 0.867. The first-order valence-corrected chi connectivity index (χ1v) is 19.7. The summed E-state index contributed by atoms with van der Waals surface area (Å²) in [6, 6.07) is 73.2. The molecule has 0 unspecified atom stereocenters. The van der Waals surface area contributed by atoms with Gasteiger partial charge in [-0.15, -0.1) is 0 Å². The van der Waals surface area contributed by atoms with Gasteiger partial charge < -0.3 is 18.3 Å². The summed E-state index contributed by atoms with van der Waals surface area (Å²) in [5, 5.41) is 6.89. The van der Waals surface area contributed by atoms with Gasteiger partial charge in [0.25, 0.3) is 0 Å². The molecule has 0 N–H and O–H groups in total. The van der Waals surface area contributed by atoms with Crippen LogP contribution in [0, 0.1) is 0 Å². The highest BCUT2D eigenvalue weighted by atomic mass is 16.3. The molecule has 12 aromatic rings. The summed E-state index contributed by atoms with van der Waals surface area (Å²) in [5.41, 5.74) is 14.5. The van der Waals surface area contributed by atoms with Gasteiger partial charge in [-0.1, -0.05) is 127 Å². The lowest BCUT2D eigenvalue weighted by Gasteiger charge is -2.27. The Morgan fingerprint density at radius 2 is 0.948 bits per heavy atom. The Balaban J connectivity index is 1.05. The van der Waals surface area contributed by atoms with Crippen LogP contribution in [0.3, 0.4) is 0 Å². The van der Waals surface area contributed by atoms with E-state index in [2.05, 4.69) is 198 Å². The molecule has 0 spiro atoms. The van der Waals surface area contributed by atoms with Gasteiger partial charge in [0.15, 0.2) is 0 Å². The zero-order valence-electron chi connectivity index (χ0n) is 31.3. The van der Waals surface area contributed by atoms with Crippen molar-refractivity contribution in [3.8, 4) is 27.9 Å². The van der Waals surface area contributed by atoms with Gasteiger partial charge in [0.1, 0.15) is 22.3 Å². The number of furan rings is 2. The first-order chi connectivity index (χ1) is 28.8. The molecular weight excluding hydrogens is 709 g/mol. The van der Waals surface area contributed by atoms with Gasteiger partial charge in [-0.2, -0.15) is 0 Å². The molecule has 4 nitrogen and oxygen atoms in total. The third kappa shape index (κ3) is 5.02. The number of para-hydroxylation sites is 5. The van der Waals surface area contributed by atoms with Crippen LogP contribution in [0.5, 0.6) is 0 Å². The highest BCUT2D eigenvalue weighted by Crippen LogP contribution is 2.45. The topological polar surface area (TPSA) is 34.5 Å². The molecule has 9 aromatic carbocycles. The van der Waals surface area contributed by atoms with Crippen molar-refractivity contribution in [2.75, 3.05) is 4.90 Å². The van der Waals surface area contributed by atoms with Crippen molar-refractivity contribution in [2.24, 2.45) is 0 Å². The van der Waals surface area contributed by atoms with Crippen molar-refractivity contribution in [1.29, 1.82) is 0 Å². The van der Waals surface area contributed by atoms with Crippen LogP contribution in [0.1, 0.15) is 0 Å². The first kappa shape index (κ1) is 32.4. The van der Waals surface area contributed by atoms with Gasteiger partial charge in [0.05, 0.1) is 11.0 Å². The second-order valence-corrected chi connectivity index (χ2v) is 14.9. The number of hydrogen-bond acceptors (Lipinski definition) is 3. The minimum atomic E-state index is 0.867. The van der Waals surface area contributed by atoms with Crippen molar-refractivity contribution in [3.05, 3.63) is 206 Å². The van der Waals surface area contributed by atoms with E-state index in [-0.39, 0.29) is 0 Å². The van der Waals surface area contributed by atoms with Gasteiger partial charge in [0, 0.05) is 60.6 Å². The zero-order valence-corrected chi connectivity index (χ0v) is 31.3.